The number of nitrogens with zero attached hydrogens (tertiary/aromatic N) is 3. The van der Waals surface area contributed by atoms with Crippen molar-refractivity contribution < 1.29 is 23.2 Å². The molecule has 1 aliphatic rings. The zero-order valence-corrected chi connectivity index (χ0v) is 17.5. The summed E-state index contributed by atoms with van der Waals surface area (Å²) in [5, 5.41) is 20.3. The number of carbonyl (C=O) groups is 1. The highest BCUT2D eigenvalue weighted by Crippen LogP contribution is 2.33. The van der Waals surface area contributed by atoms with Crippen molar-refractivity contribution in [3.63, 3.8) is 0 Å². The Bertz CT molecular complexity index is 1150. The molecular formula is C20H21N3O6S. The molecule has 9 nitrogen and oxygen atoms in total. The first-order valence-electron chi connectivity index (χ1n) is 9.13. The van der Waals surface area contributed by atoms with Crippen LogP contribution in [0.2, 0.25) is 0 Å². The fourth-order valence-corrected chi connectivity index (χ4v) is 4.66. The van der Waals surface area contributed by atoms with Crippen molar-refractivity contribution in [3.05, 3.63) is 63.3 Å². The van der Waals surface area contributed by atoms with Crippen LogP contribution in [0.5, 0.6) is 0 Å². The fraction of sp³-hybridized carbons (Fsp3) is 0.300. The van der Waals surface area contributed by atoms with Gasteiger partial charge in [0, 0.05) is 30.4 Å². The molecule has 1 aromatic carbocycles. The number of hydrogen-bond donors (Lipinski definition) is 1. The Hall–Kier alpha value is -3.27. The van der Waals surface area contributed by atoms with Gasteiger partial charge in [-0.05, 0) is 47.2 Å². The Morgan fingerprint density at radius 1 is 1.27 bits per heavy atom. The number of anilines is 1. The molecule has 10 heteroatoms. The first kappa shape index (κ1) is 21.4. The maximum atomic E-state index is 13.0. The van der Waals surface area contributed by atoms with Gasteiger partial charge >= 0.3 is 5.97 Å². The standard InChI is InChI=1S/C20H21N3O6S/c1-20(2,3)17(19(24)25)11-13-10-14-8-9-22(18(14)21-12-13)30(28,29)16-6-4-15(5-7-16)23(26)27/h4-7,10-12H,8-9H2,1-3H3,(H,24,25). The minimum atomic E-state index is -3.93. The first-order valence-corrected chi connectivity index (χ1v) is 10.6. The molecule has 1 aromatic heterocycles. The van der Waals surface area contributed by atoms with Crippen molar-refractivity contribution in [2.45, 2.75) is 32.1 Å². The second-order valence-corrected chi connectivity index (χ2v) is 9.81. The van der Waals surface area contributed by atoms with Gasteiger partial charge in [-0.1, -0.05) is 20.8 Å². The number of aromatic nitrogens is 1. The van der Waals surface area contributed by atoms with Crippen LogP contribution in [0.15, 0.2) is 47.0 Å². The predicted octanol–water partition coefficient (Wildman–Crippen LogP) is 3.26. The van der Waals surface area contributed by atoms with Crippen molar-refractivity contribution in [2.24, 2.45) is 5.41 Å². The molecule has 0 saturated carbocycles. The Kier molecular flexibility index (Phi) is 5.38. The lowest BCUT2D eigenvalue weighted by molar-refractivity contribution is -0.384. The maximum Gasteiger partial charge on any atom is 0.332 e. The highest BCUT2D eigenvalue weighted by molar-refractivity contribution is 7.92. The maximum absolute atomic E-state index is 13.0. The number of nitro groups is 1. The van der Waals surface area contributed by atoms with Crippen LogP contribution < -0.4 is 4.31 Å². The minimum absolute atomic E-state index is 0.0624. The van der Waals surface area contributed by atoms with E-state index in [4.69, 9.17) is 0 Å². The average molecular weight is 431 g/mol. The molecule has 2 aromatic rings. The summed E-state index contributed by atoms with van der Waals surface area (Å²) in [4.78, 5) is 26.0. The molecule has 0 amide bonds. The Morgan fingerprint density at radius 2 is 1.90 bits per heavy atom. The summed E-state index contributed by atoms with van der Waals surface area (Å²) in [5.41, 5.74) is 0.718. The highest BCUT2D eigenvalue weighted by Gasteiger charge is 2.32. The van der Waals surface area contributed by atoms with Crippen molar-refractivity contribution in [2.75, 3.05) is 10.8 Å². The van der Waals surface area contributed by atoms with Gasteiger partial charge < -0.3 is 5.11 Å². The Labute approximate surface area is 173 Å². The third-order valence-corrected chi connectivity index (χ3v) is 6.57. The van der Waals surface area contributed by atoms with Crippen LogP contribution in [0.25, 0.3) is 6.08 Å². The van der Waals surface area contributed by atoms with Crippen LogP contribution in [-0.2, 0) is 21.2 Å². The van der Waals surface area contributed by atoms with Gasteiger partial charge in [-0.25, -0.2) is 22.5 Å². The van der Waals surface area contributed by atoms with Gasteiger partial charge in [0.2, 0.25) is 0 Å². The monoisotopic (exact) mass is 431 g/mol. The van der Waals surface area contributed by atoms with E-state index in [1.54, 1.807) is 32.9 Å². The van der Waals surface area contributed by atoms with Gasteiger partial charge in [-0.2, -0.15) is 0 Å². The second kappa shape index (κ2) is 7.52. The predicted molar refractivity (Wildman–Crippen MR) is 111 cm³/mol. The molecule has 30 heavy (non-hydrogen) atoms. The summed E-state index contributed by atoms with van der Waals surface area (Å²) in [6.07, 6.45) is 3.41. The van der Waals surface area contributed by atoms with E-state index in [-0.39, 0.29) is 28.5 Å². The summed E-state index contributed by atoms with van der Waals surface area (Å²) in [6, 6.07) is 6.43. The number of fused-ring (bicyclic) bond motifs is 1. The number of pyridine rings is 1. The molecule has 0 spiro atoms. The van der Waals surface area contributed by atoms with Crippen molar-refractivity contribution in [1.82, 2.24) is 4.98 Å². The van der Waals surface area contributed by atoms with E-state index in [9.17, 15) is 28.4 Å². The van der Waals surface area contributed by atoms with Gasteiger partial charge in [-0.3, -0.25) is 10.1 Å². The van der Waals surface area contributed by atoms with E-state index < -0.39 is 26.3 Å². The van der Waals surface area contributed by atoms with Crippen molar-refractivity contribution in [1.29, 1.82) is 0 Å². The van der Waals surface area contributed by atoms with Gasteiger partial charge in [-0.15, -0.1) is 0 Å². The van der Waals surface area contributed by atoms with E-state index in [1.165, 1.54) is 22.6 Å². The first-order chi connectivity index (χ1) is 13.9. The van der Waals surface area contributed by atoms with E-state index in [0.717, 1.165) is 12.1 Å². The van der Waals surface area contributed by atoms with Gasteiger partial charge in [0.05, 0.1) is 9.82 Å². The zero-order chi connectivity index (χ0) is 22.3. The van der Waals surface area contributed by atoms with E-state index in [1.807, 2.05) is 0 Å². The third-order valence-electron chi connectivity index (χ3n) is 4.77. The van der Waals surface area contributed by atoms with E-state index in [2.05, 4.69) is 4.98 Å². The van der Waals surface area contributed by atoms with Crippen LogP contribution in [0.4, 0.5) is 11.5 Å². The fourth-order valence-electron chi connectivity index (χ4n) is 3.20. The summed E-state index contributed by atoms with van der Waals surface area (Å²) in [5.74, 6) is -0.747. The summed E-state index contributed by atoms with van der Waals surface area (Å²) >= 11 is 0. The lowest BCUT2D eigenvalue weighted by Crippen LogP contribution is -2.29. The molecule has 1 N–H and O–H groups in total. The van der Waals surface area contributed by atoms with Crippen LogP contribution in [-0.4, -0.2) is 35.9 Å². The Balaban J connectivity index is 1.95. The third kappa shape index (κ3) is 4.04. The SMILES string of the molecule is CC(C)(C)C(=Cc1cnc2c(c1)CCN2S(=O)(=O)c1ccc([N+](=O)[O-])cc1)C(=O)O. The molecule has 0 unspecified atom stereocenters. The Morgan fingerprint density at radius 3 is 2.43 bits per heavy atom. The van der Waals surface area contributed by atoms with Crippen LogP contribution in [0.3, 0.4) is 0 Å². The topological polar surface area (TPSA) is 131 Å². The number of aliphatic carboxylic acids is 1. The van der Waals surface area contributed by atoms with E-state index in [0.29, 0.717) is 17.5 Å². The smallest absolute Gasteiger partial charge is 0.332 e. The van der Waals surface area contributed by atoms with Crippen molar-refractivity contribution in [3.8, 4) is 0 Å². The number of rotatable bonds is 5. The second-order valence-electron chi connectivity index (χ2n) is 7.94. The molecule has 0 atom stereocenters. The zero-order valence-electron chi connectivity index (χ0n) is 16.7. The number of hydrogen-bond acceptors (Lipinski definition) is 6. The molecule has 0 fully saturated rings. The summed E-state index contributed by atoms with van der Waals surface area (Å²) < 4.78 is 27.1. The van der Waals surface area contributed by atoms with Gasteiger partial charge in [0.1, 0.15) is 5.82 Å². The van der Waals surface area contributed by atoms with E-state index >= 15 is 0 Å². The molecule has 0 bridgehead atoms. The van der Waals surface area contributed by atoms with Crippen molar-refractivity contribution >= 4 is 33.6 Å². The lowest BCUT2D eigenvalue weighted by atomic mass is 9.85. The highest BCUT2D eigenvalue weighted by atomic mass is 32.2. The number of non-ortho nitro benzene ring substituents is 1. The summed E-state index contributed by atoms with van der Waals surface area (Å²) in [6.45, 7) is 5.57. The average Bonchev–Trinajstić information content (AvgIpc) is 3.09. The molecule has 3 rings (SSSR count). The largest absolute Gasteiger partial charge is 0.478 e. The normalized spacial score (nSPS) is 14.5. The summed E-state index contributed by atoms with van der Waals surface area (Å²) in [7, 11) is -3.93. The van der Waals surface area contributed by atoms with Crippen LogP contribution in [0, 0.1) is 15.5 Å². The number of sulfonamides is 1. The molecule has 158 valence electrons. The van der Waals surface area contributed by atoms with Crippen LogP contribution >= 0.6 is 0 Å². The molecule has 1 aliphatic heterocycles. The number of nitro benzene ring substituents is 1. The lowest BCUT2D eigenvalue weighted by Gasteiger charge is -2.20. The molecule has 0 aliphatic carbocycles. The quantitative estimate of drug-likeness (QED) is 0.437. The van der Waals surface area contributed by atoms with Gasteiger partial charge in [0.15, 0.2) is 0 Å². The minimum Gasteiger partial charge on any atom is -0.478 e. The van der Waals surface area contributed by atoms with Crippen LogP contribution in [0.1, 0.15) is 31.9 Å². The molecule has 0 radical (unpaired) electrons. The van der Waals surface area contributed by atoms with Gasteiger partial charge in [0.25, 0.3) is 15.7 Å². The number of benzene rings is 1. The molecule has 2 heterocycles. The molecule has 0 saturated heterocycles. The number of carboxylic acid groups (broad SMARTS) is 1. The number of carboxylic acids is 1. The molecular weight excluding hydrogens is 410 g/mol.